The molecule has 0 aromatic carbocycles. The third-order valence-electron chi connectivity index (χ3n) is 2.64. The normalized spacial score (nSPS) is 12.4. The molecule has 3 nitrogen and oxygen atoms in total. The standard InChI is InChI=1S/C13H22N2O/c1-4-5-7-12(10-16-3)15-13-8-6-9-14-11(13)2/h6,8-9,12,15H,4-5,7,10H2,1-3H3. The van der Waals surface area contributed by atoms with Crippen LogP contribution in [0.15, 0.2) is 18.3 Å². The van der Waals surface area contributed by atoms with E-state index in [4.69, 9.17) is 4.74 Å². The number of ether oxygens (including phenoxy) is 1. The van der Waals surface area contributed by atoms with E-state index in [0.29, 0.717) is 6.04 Å². The zero-order valence-electron chi connectivity index (χ0n) is 10.5. The molecule has 1 rings (SSSR count). The van der Waals surface area contributed by atoms with Crippen LogP contribution in [-0.2, 0) is 4.74 Å². The molecule has 16 heavy (non-hydrogen) atoms. The van der Waals surface area contributed by atoms with Crippen molar-refractivity contribution in [3.63, 3.8) is 0 Å². The number of nitrogens with zero attached hydrogens (tertiary/aromatic N) is 1. The topological polar surface area (TPSA) is 34.1 Å². The van der Waals surface area contributed by atoms with Gasteiger partial charge in [0.2, 0.25) is 0 Å². The SMILES string of the molecule is CCCCC(COC)Nc1cccnc1C. The first-order chi connectivity index (χ1) is 7.77. The quantitative estimate of drug-likeness (QED) is 0.770. The van der Waals surface area contributed by atoms with E-state index < -0.39 is 0 Å². The smallest absolute Gasteiger partial charge is 0.0664 e. The van der Waals surface area contributed by atoms with E-state index in [0.717, 1.165) is 24.4 Å². The Bertz CT molecular complexity index is 302. The van der Waals surface area contributed by atoms with Crippen molar-refractivity contribution in [1.82, 2.24) is 4.98 Å². The van der Waals surface area contributed by atoms with Crippen LogP contribution in [-0.4, -0.2) is 24.7 Å². The summed E-state index contributed by atoms with van der Waals surface area (Å²) in [4.78, 5) is 4.27. The fraction of sp³-hybridized carbons (Fsp3) is 0.615. The van der Waals surface area contributed by atoms with Gasteiger partial charge in [0.1, 0.15) is 0 Å². The van der Waals surface area contributed by atoms with Crippen molar-refractivity contribution in [2.24, 2.45) is 0 Å². The average Bonchev–Trinajstić information content (AvgIpc) is 2.29. The summed E-state index contributed by atoms with van der Waals surface area (Å²) in [5, 5.41) is 3.50. The second-order valence-corrected chi connectivity index (χ2v) is 4.08. The van der Waals surface area contributed by atoms with Gasteiger partial charge in [-0.05, 0) is 25.5 Å². The van der Waals surface area contributed by atoms with Crippen molar-refractivity contribution in [1.29, 1.82) is 0 Å². The lowest BCUT2D eigenvalue weighted by molar-refractivity contribution is 0.182. The lowest BCUT2D eigenvalue weighted by Gasteiger charge is -2.19. The summed E-state index contributed by atoms with van der Waals surface area (Å²) in [6.07, 6.45) is 5.39. The maximum atomic E-state index is 5.23. The molecule has 0 bridgehead atoms. The monoisotopic (exact) mass is 222 g/mol. The van der Waals surface area contributed by atoms with E-state index in [2.05, 4.69) is 23.3 Å². The summed E-state index contributed by atoms with van der Waals surface area (Å²) in [6.45, 7) is 4.97. The van der Waals surface area contributed by atoms with E-state index in [1.165, 1.54) is 12.8 Å². The number of methoxy groups -OCH3 is 1. The number of anilines is 1. The van der Waals surface area contributed by atoms with Gasteiger partial charge in [0.25, 0.3) is 0 Å². The summed E-state index contributed by atoms with van der Waals surface area (Å²) < 4.78 is 5.23. The summed E-state index contributed by atoms with van der Waals surface area (Å²) in [6, 6.07) is 4.41. The van der Waals surface area contributed by atoms with E-state index in [1.807, 2.05) is 19.2 Å². The van der Waals surface area contributed by atoms with Crippen molar-refractivity contribution in [2.45, 2.75) is 39.2 Å². The molecule has 90 valence electrons. The van der Waals surface area contributed by atoms with Gasteiger partial charge < -0.3 is 10.1 Å². The molecule has 0 amide bonds. The lowest BCUT2D eigenvalue weighted by atomic mass is 10.1. The highest BCUT2D eigenvalue weighted by atomic mass is 16.5. The molecule has 3 heteroatoms. The number of hydrogen-bond donors (Lipinski definition) is 1. The minimum Gasteiger partial charge on any atom is -0.383 e. The van der Waals surface area contributed by atoms with E-state index in [-0.39, 0.29) is 0 Å². The van der Waals surface area contributed by atoms with Gasteiger partial charge in [-0.2, -0.15) is 0 Å². The molecular formula is C13H22N2O. The maximum absolute atomic E-state index is 5.23. The van der Waals surface area contributed by atoms with Crippen LogP contribution < -0.4 is 5.32 Å². The van der Waals surface area contributed by atoms with Gasteiger partial charge in [0.05, 0.1) is 18.0 Å². The summed E-state index contributed by atoms with van der Waals surface area (Å²) in [5.74, 6) is 0. The molecule has 0 saturated carbocycles. The Hall–Kier alpha value is -1.09. The van der Waals surface area contributed by atoms with Crippen LogP contribution in [0.2, 0.25) is 0 Å². The largest absolute Gasteiger partial charge is 0.383 e. The highest BCUT2D eigenvalue weighted by Gasteiger charge is 2.08. The number of hydrogen-bond acceptors (Lipinski definition) is 3. The zero-order chi connectivity index (χ0) is 11.8. The van der Waals surface area contributed by atoms with E-state index in [1.54, 1.807) is 7.11 Å². The molecule has 1 unspecified atom stereocenters. The van der Waals surface area contributed by atoms with Crippen LogP contribution in [0.25, 0.3) is 0 Å². The molecule has 0 saturated heterocycles. The minimum atomic E-state index is 0.382. The Morgan fingerprint density at radius 1 is 1.50 bits per heavy atom. The molecule has 1 atom stereocenters. The number of unbranched alkanes of at least 4 members (excludes halogenated alkanes) is 1. The second-order valence-electron chi connectivity index (χ2n) is 4.08. The molecule has 1 N–H and O–H groups in total. The van der Waals surface area contributed by atoms with Crippen LogP contribution in [0.5, 0.6) is 0 Å². The van der Waals surface area contributed by atoms with Gasteiger partial charge in [-0.1, -0.05) is 19.8 Å². The number of pyridine rings is 1. The van der Waals surface area contributed by atoms with E-state index >= 15 is 0 Å². The van der Waals surface area contributed by atoms with Crippen molar-refractivity contribution < 1.29 is 4.74 Å². The third-order valence-corrected chi connectivity index (χ3v) is 2.64. The van der Waals surface area contributed by atoms with Crippen LogP contribution in [0.4, 0.5) is 5.69 Å². The Morgan fingerprint density at radius 3 is 2.94 bits per heavy atom. The number of rotatable bonds is 7. The summed E-state index contributed by atoms with van der Waals surface area (Å²) in [7, 11) is 1.75. The highest BCUT2D eigenvalue weighted by Crippen LogP contribution is 2.14. The summed E-state index contributed by atoms with van der Waals surface area (Å²) in [5.41, 5.74) is 2.15. The fourth-order valence-corrected chi connectivity index (χ4v) is 1.71. The average molecular weight is 222 g/mol. The zero-order valence-corrected chi connectivity index (χ0v) is 10.5. The predicted molar refractivity (Wildman–Crippen MR) is 67.8 cm³/mol. The third kappa shape index (κ3) is 4.19. The minimum absolute atomic E-state index is 0.382. The summed E-state index contributed by atoms with van der Waals surface area (Å²) >= 11 is 0. The maximum Gasteiger partial charge on any atom is 0.0664 e. The second kappa shape index (κ2) is 7.23. The molecule has 0 aliphatic heterocycles. The first kappa shape index (κ1) is 13.0. The first-order valence-corrected chi connectivity index (χ1v) is 5.95. The van der Waals surface area contributed by atoms with Crippen LogP contribution in [0, 0.1) is 6.92 Å². The highest BCUT2D eigenvalue weighted by molar-refractivity contribution is 5.47. The van der Waals surface area contributed by atoms with Gasteiger partial charge in [-0.15, -0.1) is 0 Å². The van der Waals surface area contributed by atoms with Crippen molar-refractivity contribution >= 4 is 5.69 Å². The van der Waals surface area contributed by atoms with Gasteiger partial charge in [-0.3, -0.25) is 4.98 Å². The molecule has 0 radical (unpaired) electrons. The van der Waals surface area contributed by atoms with Gasteiger partial charge in [0, 0.05) is 19.3 Å². The lowest BCUT2D eigenvalue weighted by Crippen LogP contribution is -2.25. The Balaban J connectivity index is 2.56. The van der Waals surface area contributed by atoms with Gasteiger partial charge >= 0.3 is 0 Å². The van der Waals surface area contributed by atoms with Crippen molar-refractivity contribution in [3.8, 4) is 0 Å². The van der Waals surface area contributed by atoms with Gasteiger partial charge in [0.15, 0.2) is 0 Å². The van der Waals surface area contributed by atoms with Crippen LogP contribution >= 0.6 is 0 Å². The molecule has 1 heterocycles. The molecule has 0 fully saturated rings. The fourth-order valence-electron chi connectivity index (χ4n) is 1.71. The molecular weight excluding hydrogens is 200 g/mol. The molecule has 0 aliphatic rings. The molecule has 0 spiro atoms. The predicted octanol–water partition coefficient (Wildman–Crippen LogP) is 3.01. The Labute approximate surface area is 98.2 Å². The molecule has 1 aromatic heterocycles. The van der Waals surface area contributed by atoms with Crippen LogP contribution in [0.1, 0.15) is 31.9 Å². The Kier molecular flexibility index (Phi) is 5.86. The van der Waals surface area contributed by atoms with Gasteiger partial charge in [-0.25, -0.2) is 0 Å². The number of nitrogens with one attached hydrogen (secondary N) is 1. The van der Waals surface area contributed by atoms with Crippen molar-refractivity contribution in [3.05, 3.63) is 24.0 Å². The first-order valence-electron chi connectivity index (χ1n) is 5.95. The Morgan fingerprint density at radius 2 is 2.31 bits per heavy atom. The van der Waals surface area contributed by atoms with E-state index in [9.17, 15) is 0 Å². The van der Waals surface area contributed by atoms with Crippen LogP contribution in [0.3, 0.4) is 0 Å². The number of aromatic nitrogens is 1. The molecule has 1 aromatic rings. The van der Waals surface area contributed by atoms with Crippen molar-refractivity contribution in [2.75, 3.05) is 19.0 Å². The number of aryl methyl sites for hydroxylation is 1. The molecule has 0 aliphatic carbocycles.